The Kier molecular flexibility index (Phi) is 4.99. The molecule has 2 aliphatic rings. The third-order valence-corrected chi connectivity index (χ3v) is 4.50. The van der Waals surface area contributed by atoms with Gasteiger partial charge in [-0.1, -0.05) is 25.3 Å². The number of likely N-dealkylation sites (N-methyl/N-ethyl adjacent to an activating group) is 1. The zero-order valence-electron chi connectivity index (χ0n) is 12.8. The number of hydrogen-bond acceptors (Lipinski definition) is 4. The number of fused-ring (bicyclic) bond motifs is 1. The fourth-order valence-electron chi connectivity index (χ4n) is 2.86. The molecule has 1 unspecified atom stereocenters. The van der Waals surface area contributed by atoms with Gasteiger partial charge in [-0.2, -0.15) is 0 Å². The lowest BCUT2D eigenvalue weighted by Crippen LogP contribution is -2.23. The minimum atomic E-state index is 0.196. The highest BCUT2D eigenvalue weighted by molar-refractivity contribution is 5.44. The van der Waals surface area contributed by atoms with E-state index in [1.165, 1.54) is 31.2 Å². The highest BCUT2D eigenvalue weighted by Gasteiger charge is 2.18. The van der Waals surface area contributed by atoms with Crippen molar-refractivity contribution in [2.45, 2.75) is 31.7 Å². The van der Waals surface area contributed by atoms with Crippen molar-refractivity contribution in [1.82, 2.24) is 5.32 Å². The topological polar surface area (TPSA) is 39.7 Å². The number of ether oxygens (including phenoxy) is 3. The maximum Gasteiger partial charge on any atom is 0.161 e. The van der Waals surface area contributed by atoms with Crippen LogP contribution in [0.1, 0.15) is 37.3 Å². The predicted octanol–water partition coefficient (Wildman–Crippen LogP) is 2.93. The van der Waals surface area contributed by atoms with Crippen LogP contribution < -0.4 is 14.8 Å². The molecule has 116 valence electrons. The van der Waals surface area contributed by atoms with Gasteiger partial charge in [0.1, 0.15) is 13.2 Å². The van der Waals surface area contributed by atoms with Gasteiger partial charge in [0, 0.05) is 6.61 Å². The minimum Gasteiger partial charge on any atom is -0.486 e. The zero-order chi connectivity index (χ0) is 14.5. The van der Waals surface area contributed by atoms with Gasteiger partial charge in [-0.15, -0.1) is 0 Å². The van der Waals surface area contributed by atoms with E-state index in [0.717, 1.165) is 24.0 Å². The van der Waals surface area contributed by atoms with Gasteiger partial charge in [0.15, 0.2) is 11.5 Å². The first-order valence-electron chi connectivity index (χ1n) is 8.01. The molecule has 1 aromatic carbocycles. The Hall–Kier alpha value is -1.26. The summed E-state index contributed by atoms with van der Waals surface area (Å²) in [7, 11) is 1.97. The van der Waals surface area contributed by atoms with Crippen LogP contribution >= 0.6 is 0 Å². The smallest absolute Gasteiger partial charge is 0.161 e. The summed E-state index contributed by atoms with van der Waals surface area (Å²) < 4.78 is 17.1. The Labute approximate surface area is 126 Å². The van der Waals surface area contributed by atoms with Crippen LogP contribution in [0.25, 0.3) is 0 Å². The number of rotatable bonds is 7. The maximum absolute atomic E-state index is 5.86. The van der Waals surface area contributed by atoms with Crippen molar-refractivity contribution in [2.75, 3.05) is 33.5 Å². The molecule has 1 heterocycles. The van der Waals surface area contributed by atoms with Crippen LogP contribution in [-0.4, -0.2) is 33.5 Å². The Balaban J connectivity index is 1.52. The average Bonchev–Trinajstić information content (AvgIpc) is 2.48. The van der Waals surface area contributed by atoms with E-state index in [4.69, 9.17) is 14.2 Å². The van der Waals surface area contributed by atoms with Gasteiger partial charge >= 0.3 is 0 Å². The first-order chi connectivity index (χ1) is 10.4. The Morgan fingerprint density at radius 1 is 1.24 bits per heavy atom. The third-order valence-electron chi connectivity index (χ3n) is 4.50. The summed E-state index contributed by atoms with van der Waals surface area (Å²) >= 11 is 0. The molecule has 4 heteroatoms. The number of hydrogen-bond donors (Lipinski definition) is 1. The van der Waals surface area contributed by atoms with Crippen LogP contribution in [0.3, 0.4) is 0 Å². The second-order valence-corrected chi connectivity index (χ2v) is 5.90. The SMILES string of the molecule is CNC(COCCC1CCC1)c1ccc2c(c1)OCCO2. The fourth-order valence-corrected chi connectivity index (χ4v) is 2.86. The lowest BCUT2D eigenvalue weighted by Gasteiger charge is -2.25. The summed E-state index contributed by atoms with van der Waals surface area (Å²) in [6, 6.07) is 6.33. The van der Waals surface area contributed by atoms with Gasteiger partial charge in [-0.25, -0.2) is 0 Å². The lowest BCUT2D eigenvalue weighted by atomic mass is 9.83. The molecule has 1 aliphatic heterocycles. The predicted molar refractivity (Wildman–Crippen MR) is 82.0 cm³/mol. The summed E-state index contributed by atoms with van der Waals surface area (Å²) in [6.07, 6.45) is 5.39. The highest BCUT2D eigenvalue weighted by Crippen LogP contribution is 2.33. The van der Waals surface area contributed by atoms with E-state index < -0.39 is 0 Å². The van der Waals surface area contributed by atoms with Crippen molar-refractivity contribution < 1.29 is 14.2 Å². The molecule has 1 aromatic rings. The molecule has 21 heavy (non-hydrogen) atoms. The molecule has 0 radical (unpaired) electrons. The molecule has 1 aliphatic carbocycles. The second-order valence-electron chi connectivity index (χ2n) is 5.90. The van der Waals surface area contributed by atoms with Gasteiger partial charge in [0.05, 0.1) is 12.6 Å². The molecule has 0 bridgehead atoms. The molecule has 0 saturated heterocycles. The first kappa shape index (κ1) is 14.7. The van der Waals surface area contributed by atoms with Crippen LogP contribution in [0, 0.1) is 5.92 Å². The van der Waals surface area contributed by atoms with E-state index in [2.05, 4.69) is 17.4 Å². The highest BCUT2D eigenvalue weighted by atomic mass is 16.6. The third kappa shape index (κ3) is 3.69. The van der Waals surface area contributed by atoms with Crippen molar-refractivity contribution >= 4 is 0 Å². The zero-order valence-corrected chi connectivity index (χ0v) is 12.8. The van der Waals surface area contributed by atoms with Crippen LogP contribution in [0.4, 0.5) is 0 Å². The maximum atomic E-state index is 5.86. The number of benzene rings is 1. The fraction of sp³-hybridized carbons (Fsp3) is 0.647. The second kappa shape index (κ2) is 7.14. The molecular weight excluding hydrogens is 266 g/mol. The summed E-state index contributed by atoms with van der Waals surface area (Å²) in [5.74, 6) is 2.59. The lowest BCUT2D eigenvalue weighted by molar-refractivity contribution is 0.0902. The molecular formula is C17H25NO3. The quantitative estimate of drug-likeness (QED) is 0.784. The van der Waals surface area contributed by atoms with Crippen LogP contribution in [0.15, 0.2) is 18.2 Å². The van der Waals surface area contributed by atoms with Crippen LogP contribution in [0.5, 0.6) is 11.5 Å². The standard InChI is InChI=1S/C17H25NO3/c1-18-15(12-19-8-7-13-3-2-4-13)14-5-6-16-17(11-14)21-10-9-20-16/h5-6,11,13,15,18H,2-4,7-10,12H2,1H3. The monoisotopic (exact) mass is 291 g/mol. The molecule has 1 N–H and O–H groups in total. The first-order valence-corrected chi connectivity index (χ1v) is 8.01. The van der Waals surface area contributed by atoms with E-state index in [0.29, 0.717) is 19.8 Å². The van der Waals surface area contributed by atoms with E-state index in [-0.39, 0.29) is 6.04 Å². The Morgan fingerprint density at radius 2 is 2.05 bits per heavy atom. The molecule has 4 nitrogen and oxygen atoms in total. The minimum absolute atomic E-state index is 0.196. The largest absolute Gasteiger partial charge is 0.486 e. The van der Waals surface area contributed by atoms with Crippen molar-refractivity contribution in [3.05, 3.63) is 23.8 Å². The Bertz CT molecular complexity index is 459. The van der Waals surface area contributed by atoms with E-state index in [9.17, 15) is 0 Å². The van der Waals surface area contributed by atoms with Crippen molar-refractivity contribution in [2.24, 2.45) is 5.92 Å². The van der Waals surface area contributed by atoms with E-state index in [1.54, 1.807) is 0 Å². The summed E-state index contributed by atoms with van der Waals surface area (Å²) in [5, 5.41) is 3.32. The summed E-state index contributed by atoms with van der Waals surface area (Å²) in [4.78, 5) is 0. The molecule has 0 spiro atoms. The Morgan fingerprint density at radius 3 is 2.76 bits per heavy atom. The molecule has 0 aromatic heterocycles. The number of nitrogens with one attached hydrogen (secondary N) is 1. The molecule has 0 amide bonds. The molecule has 1 saturated carbocycles. The van der Waals surface area contributed by atoms with Gasteiger partial charge in [-0.3, -0.25) is 0 Å². The summed E-state index contributed by atoms with van der Waals surface area (Å²) in [6.45, 7) is 2.82. The van der Waals surface area contributed by atoms with Gasteiger partial charge < -0.3 is 19.5 Å². The van der Waals surface area contributed by atoms with Crippen molar-refractivity contribution in [3.8, 4) is 11.5 Å². The van der Waals surface area contributed by atoms with Crippen molar-refractivity contribution in [1.29, 1.82) is 0 Å². The van der Waals surface area contributed by atoms with E-state index >= 15 is 0 Å². The van der Waals surface area contributed by atoms with Crippen LogP contribution in [0.2, 0.25) is 0 Å². The van der Waals surface area contributed by atoms with Crippen molar-refractivity contribution in [3.63, 3.8) is 0 Å². The van der Waals surface area contributed by atoms with Gasteiger partial charge in [-0.05, 0) is 37.1 Å². The van der Waals surface area contributed by atoms with E-state index in [1.807, 2.05) is 13.1 Å². The van der Waals surface area contributed by atoms with Crippen LogP contribution in [-0.2, 0) is 4.74 Å². The molecule has 3 rings (SSSR count). The normalized spacial score (nSPS) is 19.1. The average molecular weight is 291 g/mol. The summed E-state index contributed by atoms with van der Waals surface area (Å²) in [5.41, 5.74) is 1.19. The van der Waals surface area contributed by atoms with Gasteiger partial charge in [0.25, 0.3) is 0 Å². The molecule has 1 fully saturated rings. The van der Waals surface area contributed by atoms with Gasteiger partial charge in [0.2, 0.25) is 0 Å². The molecule has 1 atom stereocenters.